The fourth-order valence-corrected chi connectivity index (χ4v) is 2.38. The van der Waals surface area contributed by atoms with Crippen molar-refractivity contribution in [3.63, 3.8) is 0 Å². The summed E-state index contributed by atoms with van der Waals surface area (Å²) in [4.78, 5) is 27.8. The predicted octanol–water partition coefficient (Wildman–Crippen LogP) is 1.70. The number of guanidine groups is 1. The molecule has 0 unspecified atom stereocenters. The molecule has 0 aliphatic rings. The van der Waals surface area contributed by atoms with Crippen molar-refractivity contribution in [2.24, 2.45) is 22.2 Å². The van der Waals surface area contributed by atoms with E-state index in [-0.39, 0.29) is 27.3 Å². The molecule has 7 nitrogen and oxygen atoms in total. The second-order valence-electron chi connectivity index (χ2n) is 4.12. The number of nitrogens with two attached hydrogens (primary N) is 3. The Bertz CT molecular complexity index is 576. The third kappa shape index (κ3) is 4.24. The fraction of sp³-hybridized carbons (Fsp3) is 0.250. The van der Waals surface area contributed by atoms with Gasteiger partial charge in [0.2, 0.25) is 0 Å². The minimum atomic E-state index is -0.691. The van der Waals surface area contributed by atoms with E-state index in [4.69, 9.17) is 40.4 Å². The van der Waals surface area contributed by atoms with Crippen LogP contribution < -0.4 is 22.1 Å². The topological polar surface area (TPSA) is 128 Å². The number of rotatable bonds is 4. The first kappa shape index (κ1) is 17.1. The van der Waals surface area contributed by atoms with Gasteiger partial charge in [-0.15, -0.1) is 0 Å². The van der Waals surface area contributed by atoms with E-state index >= 15 is 0 Å². The van der Waals surface area contributed by atoms with Gasteiger partial charge in [0.15, 0.2) is 5.96 Å². The normalized spacial score (nSPS) is 10.0. The second-order valence-corrected chi connectivity index (χ2v) is 4.93. The molecule has 0 aliphatic carbocycles. The Morgan fingerprint density at radius 2 is 1.71 bits per heavy atom. The number of aliphatic imine (C=N–C) groups is 1. The molecule has 1 aromatic rings. The molecule has 0 radical (unpaired) electrons. The summed E-state index contributed by atoms with van der Waals surface area (Å²) < 4.78 is 0. The molecule has 0 aliphatic heterocycles. The van der Waals surface area contributed by atoms with Gasteiger partial charge in [-0.2, -0.15) is 4.99 Å². The number of carbonyl (C=O) groups excluding carboxylic acids is 2. The number of carbonyl (C=O) groups is 2. The summed E-state index contributed by atoms with van der Waals surface area (Å²) in [5.74, 6) is -1.06. The molecule has 0 heterocycles. The molecular formula is C12H15Cl2N5O2. The molecule has 0 fully saturated rings. The highest BCUT2D eigenvalue weighted by Crippen LogP contribution is 2.35. The zero-order chi connectivity index (χ0) is 16.2. The van der Waals surface area contributed by atoms with Crippen LogP contribution >= 0.6 is 23.2 Å². The highest BCUT2D eigenvalue weighted by molar-refractivity contribution is 6.40. The first-order chi connectivity index (χ1) is 9.77. The summed E-state index contributed by atoms with van der Waals surface area (Å²) >= 11 is 12.2. The first-order valence-corrected chi connectivity index (χ1v) is 6.73. The molecule has 21 heavy (non-hydrogen) atoms. The highest BCUT2D eigenvalue weighted by Gasteiger charge is 2.20. The quantitative estimate of drug-likeness (QED) is 0.572. The van der Waals surface area contributed by atoms with Gasteiger partial charge in [-0.05, 0) is 18.6 Å². The number of primary amides is 1. The van der Waals surface area contributed by atoms with Crippen molar-refractivity contribution in [2.45, 2.75) is 13.3 Å². The fourth-order valence-electron chi connectivity index (χ4n) is 1.68. The molecule has 9 heteroatoms. The second kappa shape index (κ2) is 7.14. The van der Waals surface area contributed by atoms with Crippen molar-refractivity contribution < 1.29 is 9.59 Å². The molecular weight excluding hydrogens is 317 g/mol. The van der Waals surface area contributed by atoms with Gasteiger partial charge in [-0.25, -0.2) is 4.79 Å². The summed E-state index contributed by atoms with van der Waals surface area (Å²) in [5.41, 5.74) is 15.9. The van der Waals surface area contributed by atoms with Crippen LogP contribution in [0.5, 0.6) is 0 Å². The van der Waals surface area contributed by atoms with E-state index in [1.54, 1.807) is 0 Å². The standard InChI is InChI=1S/C12H15Cl2N5O2/c1-2-3-19(12(17)21)9-7(13)4-6(5-8(9)14)10(20)18-11(15)16/h4-5H,2-3H2,1H3,(H2,17,21)(H4,15,16,18,20). The van der Waals surface area contributed by atoms with Gasteiger partial charge in [-0.3, -0.25) is 9.69 Å². The predicted molar refractivity (Wildman–Crippen MR) is 83.8 cm³/mol. The highest BCUT2D eigenvalue weighted by atomic mass is 35.5. The van der Waals surface area contributed by atoms with Gasteiger partial charge in [0.05, 0.1) is 15.7 Å². The molecule has 0 saturated carbocycles. The SMILES string of the molecule is CCCN(C(N)=O)c1c(Cl)cc(C(=O)N=C(N)N)cc1Cl. The molecule has 114 valence electrons. The molecule has 0 aromatic heterocycles. The molecule has 3 amide bonds. The lowest BCUT2D eigenvalue weighted by Crippen LogP contribution is -2.36. The average molecular weight is 332 g/mol. The molecule has 1 rings (SSSR count). The molecule has 0 atom stereocenters. The minimum absolute atomic E-state index is 0.100. The van der Waals surface area contributed by atoms with Crippen molar-refractivity contribution in [3.05, 3.63) is 27.7 Å². The summed E-state index contributed by atoms with van der Waals surface area (Å²) in [7, 11) is 0. The van der Waals surface area contributed by atoms with Gasteiger partial charge in [0, 0.05) is 12.1 Å². The van der Waals surface area contributed by atoms with Gasteiger partial charge in [0.1, 0.15) is 0 Å². The van der Waals surface area contributed by atoms with Crippen molar-refractivity contribution in [2.75, 3.05) is 11.4 Å². The van der Waals surface area contributed by atoms with Crippen molar-refractivity contribution in [1.82, 2.24) is 0 Å². The van der Waals surface area contributed by atoms with Gasteiger partial charge in [-0.1, -0.05) is 30.1 Å². The maximum Gasteiger partial charge on any atom is 0.319 e. The van der Waals surface area contributed by atoms with E-state index in [9.17, 15) is 9.59 Å². The summed E-state index contributed by atoms with van der Waals surface area (Å²) in [6.07, 6.45) is 0.657. The van der Waals surface area contributed by atoms with Crippen LogP contribution in [0.4, 0.5) is 10.5 Å². The van der Waals surface area contributed by atoms with E-state index in [0.717, 1.165) is 0 Å². The summed E-state index contributed by atoms with van der Waals surface area (Å²) in [5, 5.41) is 0.202. The van der Waals surface area contributed by atoms with Crippen LogP contribution in [0.2, 0.25) is 10.0 Å². The van der Waals surface area contributed by atoms with Crippen LogP contribution in [0.3, 0.4) is 0 Å². The number of hydrogen-bond donors (Lipinski definition) is 3. The number of nitrogens with zero attached hydrogens (tertiary/aromatic N) is 2. The van der Waals surface area contributed by atoms with Crippen molar-refractivity contribution in [3.8, 4) is 0 Å². The first-order valence-electron chi connectivity index (χ1n) is 5.97. The van der Waals surface area contributed by atoms with E-state index in [0.29, 0.717) is 13.0 Å². The zero-order valence-electron chi connectivity index (χ0n) is 11.3. The number of urea groups is 1. The van der Waals surface area contributed by atoms with Gasteiger partial charge in [0.25, 0.3) is 5.91 Å². The van der Waals surface area contributed by atoms with Crippen LogP contribution in [0.25, 0.3) is 0 Å². The third-order valence-corrected chi connectivity index (χ3v) is 3.05. The van der Waals surface area contributed by atoms with Crippen LogP contribution in [-0.2, 0) is 0 Å². The average Bonchev–Trinajstić information content (AvgIpc) is 2.35. The summed E-state index contributed by atoms with van der Waals surface area (Å²) in [6, 6.07) is 1.95. The van der Waals surface area contributed by atoms with E-state index < -0.39 is 11.9 Å². The van der Waals surface area contributed by atoms with Crippen LogP contribution in [0.1, 0.15) is 23.7 Å². The van der Waals surface area contributed by atoms with E-state index in [2.05, 4.69) is 4.99 Å². The monoisotopic (exact) mass is 331 g/mol. The lowest BCUT2D eigenvalue weighted by Gasteiger charge is -2.22. The molecule has 1 aromatic carbocycles. The Kier molecular flexibility index (Phi) is 5.80. The largest absolute Gasteiger partial charge is 0.370 e. The number of halogens is 2. The molecule has 0 saturated heterocycles. The van der Waals surface area contributed by atoms with Gasteiger partial charge >= 0.3 is 6.03 Å². The van der Waals surface area contributed by atoms with E-state index in [1.165, 1.54) is 17.0 Å². The number of hydrogen-bond acceptors (Lipinski definition) is 2. The zero-order valence-corrected chi connectivity index (χ0v) is 12.8. The van der Waals surface area contributed by atoms with Crippen LogP contribution in [0.15, 0.2) is 17.1 Å². The van der Waals surface area contributed by atoms with E-state index in [1.807, 2.05) is 6.92 Å². The lowest BCUT2D eigenvalue weighted by molar-refractivity contribution is 0.100. The van der Waals surface area contributed by atoms with Crippen LogP contribution in [0, 0.1) is 0 Å². The maximum absolute atomic E-state index is 11.7. The Morgan fingerprint density at radius 1 is 1.19 bits per heavy atom. The number of anilines is 1. The molecule has 6 N–H and O–H groups in total. The van der Waals surface area contributed by atoms with Crippen molar-refractivity contribution >= 4 is 46.8 Å². The van der Waals surface area contributed by atoms with Crippen molar-refractivity contribution in [1.29, 1.82) is 0 Å². The lowest BCUT2D eigenvalue weighted by atomic mass is 10.1. The Balaban J connectivity index is 3.30. The Morgan fingerprint density at radius 3 is 2.10 bits per heavy atom. The Labute approximate surface area is 131 Å². The Hall–Kier alpha value is -1.99. The minimum Gasteiger partial charge on any atom is -0.370 e. The van der Waals surface area contributed by atoms with Crippen LogP contribution in [-0.4, -0.2) is 24.4 Å². The number of benzene rings is 1. The maximum atomic E-state index is 11.7. The smallest absolute Gasteiger partial charge is 0.319 e. The van der Waals surface area contributed by atoms with Gasteiger partial charge < -0.3 is 17.2 Å². The summed E-state index contributed by atoms with van der Waals surface area (Å²) in [6.45, 7) is 2.21. The number of amides is 3. The third-order valence-electron chi connectivity index (χ3n) is 2.48. The molecule has 0 spiro atoms. The molecule has 0 bridgehead atoms.